The fraction of sp³-hybridized carbons (Fsp3) is 0.286. The first-order valence-corrected chi connectivity index (χ1v) is 4.18. The van der Waals surface area contributed by atoms with Gasteiger partial charge in [0, 0.05) is 15.8 Å². The Balaban J connectivity index is 2.73. The van der Waals surface area contributed by atoms with Gasteiger partial charge in [0.25, 0.3) is 0 Å². The second kappa shape index (κ2) is 3.35. The third-order valence-electron chi connectivity index (χ3n) is 1.32. The Bertz CT molecular complexity index is 198. The highest BCUT2D eigenvalue weighted by Crippen LogP contribution is 2.23. The van der Waals surface area contributed by atoms with Crippen LogP contribution in [-0.4, -0.2) is 11.1 Å². The molecule has 1 rings (SSSR count). The largest absolute Gasteiger partial charge is 0.303 e. The highest BCUT2D eigenvalue weighted by atomic mass is 79.9. The van der Waals surface area contributed by atoms with Crippen LogP contribution in [0.2, 0.25) is 0 Å². The fourth-order valence-electron chi connectivity index (χ4n) is 0.748. The summed E-state index contributed by atoms with van der Waals surface area (Å²) in [7, 11) is 0. The average Bonchev–Trinajstić information content (AvgIpc) is 1.88. The van der Waals surface area contributed by atoms with E-state index in [1.807, 2.05) is 0 Å². The Morgan fingerprint density at radius 1 is 1.70 bits per heavy atom. The summed E-state index contributed by atoms with van der Waals surface area (Å²) in [5.74, 6) is -0.0671. The number of hydrogen-bond acceptors (Lipinski definition) is 1. The minimum atomic E-state index is -0.0671. The molecule has 0 saturated carbocycles. The topological polar surface area (TPSA) is 17.1 Å². The number of alkyl halides is 1. The molecule has 1 aliphatic rings. The number of halogens is 2. The Kier molecular flexibility index (Phi) is 2.69. The molecule has 0 aromatic carbocycles. The zero-order chi connectivity index (χ0) is 7.56. The molecule has 0 amide bonds. The maximum absolute atomic E-state index is 10.3. The molecule has 1 aliphatic carbocycles. The van der Waals surface area contributed by atoms with Crippen molar-refractivity contribution in [2.45, 2.75) is 4.83 Å². The molecule has 0 aliphatic heterocycles. The van der Waals surface area contributed by atoms with Crippen LogP contribution in [0.3, 0.4) is 0 Å². The maximum Gasteiger partial charge on any atom is 0.128 e. The lowest BCUT2D eigenvalue weighted by Crippen LogP contribution is -2.13. The summed E-state index contributed by atoms with van der Waals surface area (Å²) in [6.07, 6.45) is 6.23. The van der Waals surface area contributed by atoms with Gasteiger partial charge in [-0.2, -0.15) is 0 Å². The van der Waals surface area contributed by atoms with E-state index in [1.165, 1.54) is 0 Å². The molecule has 1 nitrogen and oxygen atoms in total. The van der Waals surface area contributed by atoms with Crippen LogP contribution in [0.1, 0.15) is 0 Å². The molecule has 10 heavy (non-hydrogen) atoms. The van der Waals surface area contributed by atoms with Crippen LogP contribution < -0.4 is 0 Å². The van der Waals surface area contributed by atoms with Gasteiger partial charge in [-0.3, -0.25) is 0 Å². The van der Waals surface area contributed by atoms with Gasteiger partial charge in [0.15, 0.2) is 0 Å². The predicted octanol–water partition coefficient (Wildman–Crippen LogP) is 2.26. The van der Waals surface area contributed by atoms with Crippen LogP contribution in [0.25, 0.3) is 0 Å². The lowest BCUT2D eigenvalue weighted by Gasteiger charge is -2.12. The molecular weight excluding hydrogens is 215 g/mol. The van der Waals surface area contributed by atoms with E-state index in [1.54, 1.807) is 18.2 Å². The molecule has 3 heteroatoms. The monoisotopic (exact) mass is 220 g/mol. The van der Waals surface area contributed by atoms with Crippen LogP contribution in [-0.2, 0) is 4.79 Å². The van der Waals surface area contributed by atoms with Gasteiger partial charge in [-0.15, -0.1) is 0 Å². The number of allylic oxidation sites excluding steroid dienone is 4. The Labute approximate surface area is 72.9 Å². The summed E-state index contributed by atoms with van der Waals surface area (Å²) in [4.78, 5) is 10.4. The van der Waals surface area contributed by atoms with Crippen LogP contribution in [0, 0.1) is 5.92 Å². The van der Waals surface area contributed by atoms with Gasteiger partial charge >= 0.3 is 0 Å². The zero-order valence-corrected chi connectivity index (χ0v) is 7.47. The molecule has 0 saturated heterocycles. The van der Waals surface area contributed by atoms with Gasteiger partial charge in [-0.25, -0.2) is 0 Å². The maximum atomic E-state index is 10.3. The van der Waals surface area contributed by atoms with E-state index in [4.69, 9.17) is 11.6 Å². The molecule has 54 valence electrons. The molecule has 0 N–H and O–H groups in total. The van der Waals surface area contributed by atoms with Gasteiger partial charge in [-0.05, 0) is 6.08 Å². The van der Waals surface area contributed by atoms with E-state index < -0.39 is 0 Å². The summed E-state index contributed by atoms with van der Waals surface area (Å²) >= 11 is 8.97. The van der Waals surface area contributed by atoms with E-state index in [9.17, 15) is 4.79 Å². The second-order valence-electron chi connectivity index (χ2n) is 2.07. The third-order valence-corrected chi connectivity index (χ3v) is 2.45. The summed E-state index contributed by atoms with van der Waals surface area (Å²) in [5, 5.41) is 0.681. The highest BCUT2D eigenvalue weighted by molar-refractivity contribution is 9.09. The fourth-order valence-corrected chi connectivity index (χ4v) is 1.69. The van der Waals surface area contributed by atoms with E-state index in [-0.39, 0.29) is 10.7 Å². The van der Waals surface area contributed by atoms with Crippen LogP contribution in [0.4, 0.5) is 0 Å². The van der Waals surface area contributed by atoms with Crippen LogP contribution in [0.5, 0.6) is 0 Å². The van der Waals surface area contributed by atoms with E-state index in [2.05, 4.69) is 15.9 Å². The van der Waals surface area contributed by atoms with Crippen molar-refractivity contribution in [1.82, 2.24) is 0 Å². The van der Waals surface area contributed by atoms with Crippen LogP contribution >= 0.6 is 27.5 Å². The molecule has 2 unspecified atom stereocenters. The van der Waals surface area contributed by atoms with Crippen molar-refractivity contribution in [3.05, 3.63) is 23.3 Å². The average molecular weight is 221 g/mol. The summed E-state index contributed by atoms with van der Waals surface area (Å²) < 4.78 is 0. The lowest BCUT2D eigenvalue weighted by atomic mass is 10.0. The number of hydrogen-bond donors (Lipinski definition) is 0. The van der Waals surface area contributed by atoms with E-state index in [0.29, 0.717) is 5.03 Å². The van der Waals surface area contributed by atoms with Crippen molar-refractivity contribution >= 4 is 33.8 Å². The van der Waals surface area contributed by atoms with Gasteiger partial charge in [0.2, 0.25) is 0 Å². The molecule has 0 radical (unpaired) electrons. The second-order valence-corrected chi connectivity index (χ2v) is 3.56. The highest BCUT2D eigenvalue weighted by Gasteiger charge is 2.16. The van der Waals surface area contributed by atoms with Crippen LogP contribution in [0.15, 0.2) is 23.3 Å². The normalized spacial score (nSPS) is 31.6. The molecule has 0 spiro atoms. The predicted molar refractivity (Wildman–Crippen MR) is 45.3 cm³/mol. The summed E-state index contributed by atoms with van der Waals surface area (Å²) in [6.45, 7) is 0. The van der Waals surface area contributed by atoms with Gasteiger partial charge in [-0.1, -0.05) is 39.7 Å². The standard InChI is InChI=1S/C7H6BrClO/c8-7-3-6(9)2-1-5(7)4-10/h1-5,7H. The molecule has 0 bridgehead atoms. The summed E-state index contributed by atoms with van der Waals surface area (Å²) in [6, 6.07) is 0. The Morgan fingerprint density at radius 3 is 2.90 bits per heavy atom. The Hall–Kier alpha value is -0.0800. The lowest BCUT2D eigenvalue weighted by molar-refractivity contribution is -0.109. The Morgan fingerprint density at radius 2 is 2.40 bits per heavy atom. The quantitative estimate of drug-likeness (QED) is 0.490. The minimum Gasteiger partial charge on any atom is -0.303 e. The van der Waals surface area contributed by atoms with Crippen molar-refractivity contribution in [2.24, 2.45) is 5.92 Å². The zero-order valence-electron chi connectivity index (χ0n) is 5.13. The van der Waals surface area contributed by atoms with Crippen molar-refractivity contribution in [1.29, 1.82) is 0 Å². The molecule has 0 aromatic rings. The molecule has 0 fully saturated rings. The molecule has 0 aromatic heterocycles. The third kappa shape index (κ3) is 1.70. The van der Waals surface area contributed by atoms with E-state index >= 15 is 0 Å². The van der Waals surface area contributed by atoms with E-state index in [0.717, 1.165) is 6.29 Å². The number of aldehydes is 1. The van der Waals surface area contributed by atoms with Crippen molar-refractivity contribution in [2.75, 3.05) is 0 Å². The van der Waals surface area contributed by atoms with Gasteiger partial charge in [0.1, 0.15) is 6.29 Å². The van der Waals surface area contributed by atoms with Crippen molar-refractivity contribution in [3.63, 3.8) is 0 Å². The number of rotatable bonds is 1. The first kappa shape index (κ1) is 8.02. The smallest absolute Gasteiger partial charge is 0.128 e. The van der Waals surface area contributed by atoms with Gasteiger partial charge in [0.05, 0.1) is 0 Å². The summed E-state index contributed by atoms with van der Waals surface area (Å²) in [5.41, 5.74) is 0. The number of carbonyl (C=O) groups is 1. The minimum absolute atomic E-state index is 0.0579. The number of carbonyl (C=O) groups excluding carboxylic acids is 1. The molecule has 2 atom stereocenters. The molecular formula is C7H6BrClO. The van der Waals surface area contributed by atoms with Gasteiger partial charge < -0.3 is 4.79 Å². The van der Waals surface area contributed by atoms with Crippen molar-refractivity contribution < 1.29 is 4.79 Å². The van der Waals surface area contributed by atoms with Crippen molar-refractivity contribution in [3.8, 4) is 0 Å². The SMILES string of the molecule is O=CC1C=CC(Cl)=CC1Br. The first-order chi connectivity index (χ1) is 4.74. The first-order valence-electron chi connectivity index (χ1n) is 2.89. The molecule has 0 heterocycles.